The standard InChI is InChI=1S/C15H17FN4O/c1-3-6-18-14-13(16)11(5-8-19-14)15(21)20-12-9-17-7-4-10(12)2/h4-5,7-9H,3,6H2,1-2H3,(H,18,19)(H,20,21). The van der Waals surface area contributed by atoms with Crippen LogP contribution in [0.5, 0.6) is 0 Å². The molecule has 0 fully saturated rings. The highest BCUT2D eigenvalue weighted by Gasteiger charge is 2.16. The van der Waals surface area contributed by atoms with E-state index >= 15 is 0 Å². The average molecular weight is 288 g/mol. The minimum Gasteiger partial charge on any atom is -0.368 e. The minimum absolute atomic E-state index is 0.0492. The molecule has 0 aliphatic heterocycles. The van der Waals surface area contributed by atoms with Gasteiger partial charge in [0.1, 0.15) is 0 Å². The number of carbonyl (C=O) groups excluding carboxylic acids is 1. The van der Waals surface area contributed by atoms with Gasteiger partial charge in [-0.1, -0.05) is 6.92 Å². The van der Waals surface area contributed by atoms with Crippen molar-refractivity contribution in [1.82, 2.24) is 9.97 Å². The van der Waals surface area contributed by atoms with Crippen LogP contribution in [0.2, 0.25) is 0 Å². The number of amides is 1. The first kappa shape index (κ1) is 14.9. The van der Waals surface area contributed by atoms with Gasteiger partial charge in [-0.05, 0) is 31.0 Å². The number of nitrogens with one attached hydrogen (secondary N) is 2. The minimum atomic E-state index is -0.648. The van der Waals surface area contributed by atoms with E-state index in [1.165, 1.54) is 18.5 Å². The lowest BCUT2D eigenvalue weighted by atomic mass is 10.2. The van der Waals surface area contributed by atoms with Crippen molar-refractivity contribution in [3.8, 4) is 0 Å². The molecule has 0 aliphatic carbocycles. The molecule has 0 saturated heterocycles. The SMILES string of the molecule is CCCNc1nccc(C(=O)Nc2cnccc2C)c1F. The van der Waals surface area contributed by atoms with Crippen molar-refractivity contribution >= 4 is 17.4 Å². The number of nitrogens with zero attached hydrogens (tertiary/aromatic N) is 2. The van der Waals surface area contributed by atoms with Crippen molar-refractivity contribution in [3.63, 3.8) is 0 Å². The smallest absolute Gasteiger partial charge is 0.258 e. The Kier molecular flexibility index (Phi) is 4.81. The van der Waals surface area contributed by atoms with Crippen molar-refractivity contribution in [2.75, 3.05) is 17.2 Å². The van der Waals surface area contributed by atoms with Crippen LogP contribution in [0.3, 0.4) is 0 Å². The summed E-state index contributed by atoms with van der Waals surface area (Å²) in [6.45, 7) is 4.40. The normalized spacial score (nSPS) is 10.2. The molecule has 0 saturated carbocycles. The zero-order valence-corrected chi connectivity index (χ0v) is 12.0. The number of aromatic nitrogens is 2. The van der Waals surface area contributed by atoms with Gasteiger partial charge in [-0.3, -0.25) is 9.78 Å². The molecule has 2 aromatic rings. The third-order valence-electron chi connectivity index (χ3n) is 2.96. The van der Waals surface area contributed by atoms with Gasteiger partial charge >= 0.3 is 0 Å². The maximum atomic E-state index is 14.2. The molecule has 0 aromatic carbocycles. The van der Waals surface area contributed by atoms with E-state index in [4.69, 9.17) is 0 Å². The summed E-state index contributed by atoms with van der Waals surface area (Å²) in [4.78, 5) is 20.0. The number of carbonyl (C=O) groups is 1. The number of hydrogen-bond donors (Lipinski definition) is 2. The Balaban J connectivity index is 2.21. The first-order valence-corrected chi connectivity index (χ1v) is 6.73. The second-order valence-electron chi connectivity index (χ2n) is 4.59. The van der Waals surface area contributed by atoms with Crippen LogP contribution >= 0.6 is 0 Å². The second-order valence-corrected chi connectivity index (χ2v) is 4.59. The molecule has 2 rings (SSSR count). The summed E-state index contributed by atoms with van der Waals surface area (Å²) in [5.41, 5.74) is 1.37. The molecule has 110 valence electrons. The van der Waals surface area contributed by atoms with Gasteiger partial charge in [0.25, 0.3) is 5.91 Å². The van der Waals surface area contributed by atoms with Crippen LogP contribution in [0.25, 0.3) is 0 Å². The van der Waals surface area contributed by atoms with Gasteiger partial charge < -0.3 is 10.6 Å². The molecule has 0 unspecified atom stereocenters. The number of hydrogen-bond acceptors (Lipinski definition) is 4. The number of rotatable bonds is 5. The van der Waals surface area contributed by atoms with E-state index in [0.717, 1.165) is 12.0 Å². The molecular weight excluding hydrogens is 271 g/mol. The highest BCUT2D eigenvalue weighted by Crippen LogP contribution is 2.18. The van der Waals surface area contributed by atoms with Crippen molar-refractivity contribution in [2.45, 2.75) is 20.3 Å². The summed E-state index contributed by atoms with van der Waals surface area (Å²) in [6, 6.07) is 3.13. The van der Waals surface area contributed by atoms with Gasteiger partial charge in [-0.15, -0.1) is 0 Å². The highest BCUT2D eigenvalue weighted by atomic mass is 19.1. The number of halogens is 1. The van der Waals surface area contributed by atoms with Gasteiger partial charge in [-0.25, -0.2) is 9.37 Å². The molecule has 2 N–H and O–H groups in total. The number of pyridine rings is 2. The van der Waals surface area contributed by atoms with Crippen LogP contribution in [0.15, 0.2) is 30.7 Å². The van der Waals surface area contributed by atoms with E-state index in [-0.39, 0.29) is 11.4 Å². The third-order valence-corrected chi connectivity index (χ3v) is 2.96. The summed E-state index contributed by atoms with van der Waals surface area (Å²) in [7, 11) is 0. The fraction of sp³-hybridized carbons (Fsp3) is 0.267. The molecule has 2 heterocycles. The number of anilines is 2. The fourth-order valence-electron chi connectivity index (χ4n) is 1.77. The Morgan fingerprint density at radius 2 is 2.14 bits per heavy atom. The van der Waals surface area contributed by atoms with E-state index in [9.17, 15) is 9.18 Å². The van der Waals surface area contributed by atoms with E-state index in [1.807, 2.05) is 13.8 Å². The largest absolute Gasteiger partial charge is 0.368 e. The molecule has 0 atom stereocenters. The van der Waals surface area contributed by atoms with Crippen LogP contribution in [0.4, 0.5) is 15.9 Å². The molecule has 0 bridgehead atoms. The van der Waals surface area contributed by atoms with Crippen LogP contribution in [-0.4, -0.2) is 22.4 Å². The van der Waals surface area contributed by atoms with Crippen molar-refractivity contribution < 1.29 is 9.18 Å². The summed E-state index contributed by atoms with van der Waals surface area (Å²) >= 11 is 0. The van der Waals surface area contributed by atoms with Gasteiger partial charge in [0.15, 0.2) is 11.6 Å². The Labute approximate surface area is 122 Å². The third kappa shape index (κ3) is 3.53. The van der Waals surface area contributed by atoms with Gasteiger partial charge in [-0.2, -0.15) is 0 Å². The predicted octanol–water partition coefficient (Wildman–Crippen LogP) is 3.00. The first-order valence-electron chi connectivity index (χ1n) is 6.73. The van der Waals surface area contributed by atoms with Gasteiger partial charge in [0.2, 0.25) is 0 Å². The molecule has 21 heavy (non-hydrogen) atoms. The molecular formula is C15H17FN4O. The lowest BCUT2D eigenvalue weighted by Gasteiger charge is -2.10. The Morgan fingerprint density at radius 1 is 1.33 bits per heavy atom. The monoisotopic (exact) mass is 288 g/mol. The molecule has 0 spiro atoms. The van der Waals surface area contributed by atoms with Gasteiger partial charge in [0.05, 0.1) is 17.4 Å². The summed E-state index contributed by atoms with van der Waals surface area (Å²) in [5, 5.41) is 5.51. The van der Waals surface area contributed by atoms with Crippen molar-refractivity contribution in [3.05, 3.63) is 47.7 Å². The quantitative estimate of drug-likeness (QED) is 0.887. The topological polar surface area (TPSA) is 66.9 Å². The molecule has 2 aromatic heterocycles. The predicted molar refractivity (Wildman–Crippen MR) is 79.9 cm³/mol. The summed E-state index contributed by atoms with van der Waals surface area (Å²) in [5.74, 6) is -1.08. The molecule has 0 radical (unpaired) electrons. The van der Waals surface area contributed by atoms with Crippen molar-refractivity contribution in [1.29, 1.82) is 0 Å². The zero-order valence-electron chi connectivity index (χ0n) is 12.0. The van der Waals surface area contributed by atoms with E-state index in [1.54, 1.807) is 12.3 Å². The van der Waals surface area contributed by atoms with E-state index in [2.05, 4.69) is 20.6 Å². The molecule has 0 aliphatic rings. The lowest BCUT2D eigenvalue weighted by molar-refractivity contribution is 0.102. The maximum Gasteiger partial charge on any atom is 0.258 e. The molecule has 5 nitrogen and oxygen atoms in total. The molecule has 1 amide bonds. The zero-order chi connectivity index (χ0) is 15.2. The second kappa shape index (κ2) is 6.78. The lowest BCUT2D eigenvalue weighted by Crippen LogP contribution is -2.16. The highest BCUT2D eigenvalue weighted by molar-refractivity contribution is 6.05. The number of aryl methyl sites for hydroxylation is 1. The Hall–Kier alpha value is -2.50. The Morgan fingerprint density at radius 3 is 2.86 bits per heavy atom. The first-order chi connectivity index (χ1) is 10.1. The van der Waals surface area contributed by atoms with E-state index < -0.39 is 11.7 Å². The van der Waals surface area contributed by atoms with Crippen LogP contribution in [-0.2, 0) is 0 Å². The van der Waals surface area contributed by atoms with Crippen molar-refractivity contribution in [2.24, 2.45) is 0 Å². The molecule has 6 heteroatoms. The van der Waals surface area contributed by atoms with E-state index in [0.29, 0.717) is 12.2 Å². The van der Waals surface area contributed by atoms with Crippen LogP contribution < -0.4 is 10.6 Å². The van der Waals surface area contributed by atoms with Crippen LogP contribution in [0.1, 0.15) is 29.3 Å². The summed E-state index contributed by atoms with van der Waals surface area (Å²) < 4.78 is 14.2. The van der Waals surface area contributed by atoms with Gasteiger partial charge in [0, 0.05) is 18.9 Å². The fourth-order valence-corrected chi connectivity index (χ4v) is 1.77. The Bertz CT molecular complexity index is 645. The van der Waals surface area contributed by atoms with Crippen LogP contribution in [0, 0.1) is 12.7 Å². The summed E-state index contributed by atoms with van der Waals surface area (Å²) in [6.07, 6.45) is 5.41. The maximum absolute atomic E-state index is 14.2. The average Bonchev–Trinajstić information content (AvgIpc) is 2.48.